The number of hydrogen-bond acceptors (Lipinski definition) is 3. The Hall–Kier alpha value is -2.25. The van der Waals surface area contributed by atoms with Crippen molar-refractivity contribution in [2.24, 2.45) is 11.8 Å². The van der Waals surface area contributed by atoms with Crippen LogP contribution in [0.5, 0.6) is 5.75 Å². The zero-order valence-electron chi connectivity index (χ0n) is 15.6. The van der Waals surface area contributed by atoms with Crippen molar-refractivity contribution in [3.05, 3.63) is 54.1 Å². The molecule has 2 aromatic rings. The Bertz CT molecular complexity index is 823. The standard InChI is InChI=1S/C21H22F3NO3.ClH/c22-21(23,24)13-28-18-6-2-5-16(11-18)15-4-1-3-14(9-15)10-19(20(26)27)17-7-8-25-12-17;/h1-6,9,11,17,19,25H,7-8,10,12-13H2,(H,26,27);1H/t17-,19-;/m0./s1. The number of carboxylic acid groups (broad SMARTS) is 1. The lowest BCUT2D eigenvalue weighted by Gasteiger charge is -2.19. The highest BCUT2D eigenvalue weighted by atomic mass is 35.5. The maximum Gasteiger partial charge on any atom is 0.422 e. The maximum absolute atomic E-state index is 12.4. The van der Waals surface area contributed by atoms with Crippen LogP contribution in [0.15, 0.2) is 48.5 Å². The molecule has 1 saturated heterocycles. The van der Waals surface area contributed by atoms with Crippen LogP contribution in [-0.2, 0) is 11.2 Å². The smallest absolute Gasteiger partial charge is 0.422 e. The van der Waals surface area contributed by atoms with Gasteiger partial charge < -0.3 is 15.2 Å². The molecule has 8 heteroatoms. The highest BCUT2D eigenvalue weighted by Crippen LogP contribution is 2.28. The summed E-state index contributed by atoms with van der Waals surface area (Å²) in [6.45, 7) is 0.195. The summed E-state index contributed by atoms with van der Waals surface area (Å²) in [5, 5.41) is 12.8. The summed E-state index contributed by atoms with van der Waals surface area (Å²) in [7, 11) is 0. The number of carbonyl (C=O) groups is 1. The van der Waals surface area contributed by atoms with E-state index in [1.807, 2.05) is 24.3 Å². The number of hydrogen-bond donors (Lipinski definition) is 2. The van der Waals surface area contributed by atoms with Crippen molar-refractivity contribution in [3.63, 3.8) is 0 Å². The van der Waals surface area contributed by atoms with Crippen LogP contribution >= 0.6 is 12.4 Å². The van der Waals surface area contributed by atoms with Crippen molar-refractivity contribution in [1.29, 1.82) is 0 Å². The molecule has 1 heterocycles. The van der Waals surface area contributed by atoms with Gasteiger partial charge in [0.15, 0.2) is 6.61 Å². The molecule has 29 heavy (non-hydrogen) atoms. The van der Waals surface area contributed by atoms with Crippen molar-refractivity contribution in [2.45, 2.75) is 19.0 Å². The van der Waals surface area contributed by atoms with E-state index in [0.29, 0.717) is 13.0 Å². The van der Waals surface area contributed by atoms with Gasteiger partial charge in [-0.1, -0.05) is 36.4 Å². The summed E-state index contributed by atoms with van der Waals surface area (Å²) in [6, 6.07) is 13.9. The van der Waals surface area contributed by atoms with Gasteiger partial charge in [0.2, 0.25) is 0 Å². The van der Waals surface area contributed by atoms with Crippen LogP contribution in [0.1, 0.15) is 12.0 Å². The minimum Gasteiger partial charge on any atom is -0.484 e. The van der Waals surface area contributed by atoms with Crippen molar-refractivity contribution < 1.29 is 27.8 Å². The fourth-order valence-electron chi connectivity index (χ4n) is 3.54. The van der Waals surface area contributed by atoms with Gasteiger partial charge in [0.25, 0.3) is 0 Å². The molecule has 0 amide bonds. The number of alkyl halides is 3. The number of halogens is 4. The predicted molar refractivity (Wildman–Crippen MR) is 106 cm³/mol. The Morgan fingerprint density at radius 3 is 2.48 bits per heavy atom. The van der Waals surface area contributed by atoms with E-state index in [2.05, 4.69) is 5.32 Å². The molecule has 1 aliphatic rings. The van der Waals surface area contributed by atoms with Gasteiger partial charge in [-0.25, -0.2) is 0 Å². The lowest BCUT2D eigenvalue weighted by atomic mass is 9.85. The van der Waals surface area contributed by atoms with Gasteiger partial charge in [0.1, 0.15) is 5.75 Å². The molecule has 1 fully saturated rings. The van der Waals surface area contributed by atoms with E-state index in [-0.39, 0.29) is 24.1 Å². The fourth-order valence-corrected chi connectivity index (χ4v) is 3.54. The highest BCUT2D eigenvalue weighted by Gasteiger charge is 2.30. The summed E-state index contributed by atoms with van der Waals surface area (Å²) < 4.78 is 41.9. The van der Waals surface area contributed by atoms with Gasteiger partial charge in [0.05, 0.1) is 5.92 Å². The van der Waals surface area contributed by atoms with Crippen LogP contribution in [0.4, 0.5) is 13.2 Å². The Kier molecular flexibility index (Phi) is 7.93. The second-order valence-corrected chi connectivity index (χ2v) is 7.03. The first-order valence-electron chi connectivity index (χ1n) is 9.14. The van der Waals surface area contributed by atoms with E-state index in [1.165, 1.54) is 6.07 Å². The maximum atomic E-state index is 12.4. The van der Waals surface area contributed by atoms with Gasteiger partial charge in [-0.15, -0.1) is 12.4 Å². The van der Waals surface area contributed by atoms with Gasteiger partial charge in [-0.3, -0.25) is 4.79 Å². The van der Waals surface area contributed by atoms with Crippen LogP contribution in [0.2, 0.25) is 0 Å². The number of aliphatic carboxylic acids is 1. The third-order valence-electron chi connectivity index (χ3n) is 4.94. The normalized spacial score (nSPS) is 17.4. The number of ether oxygens (including phenoxy) is 1. The number of benzene rings is 2. The van der Waals surface area contributed by atoms with Crippen molar-refractivity contribution >= 4 is 18.4 Å². The van der Waals surface area contributed by atoms with Crippen molar-refractivity contribution in [3.8, 4) is 16.9 Å². The zero-order valence-corrected chi connectivity index (χ0v) is 16.4. The summed E-state index contributed by atoms with van der Waals surface area (Å²) in [6.07, 6.45) is -3.13. The van der Waals surface area contributed by atoms with Crippen LogP contribution in [0, 0.1) is 11.8 Å². The molecule has 2 atom stereocenters. The topological polar surface area (TPSA) is 58.6 Å². The van der Waals surface area contributed by atoms with E-state index >= 15 is 0 Å². The largest absolute Gasteiger partial charge is 0.484 e. The summed E-state index contributed by atoms with van der Waals surface area (Å²) >= 11 is 0. The first kappa shape index (κ1) is 23.0. The van der Waals surface area contributed by atoms with Gasteiger partial charge in [-0.2, -0.15) is 13.2 Å². The number of carboxylic acids is 1. The molecule has 3 rings (SSSR count). The third-order valence-corrected chi connectivity index (χ3v) is 4.94. The van der Waals surface area contributed by atoms with E-state index in [9.17, 15) is 23.1 Å². The van der Waals surface area contributed by atoms with E-state index in [1.54, 1.807) is 18.2 Å². The fraction of sp³-hybridized carbons (Fsp3) is 0.381. The molecule has 1 aliphatic heterocycles. The Labute approximate surface area is 173 Å². The highest BCUT2D eigenvalue weighted by molar-refractivity contribution is 5.85. The molecule has 158 valence electrons. The molecule has 0 spiro atoms. The molecule has 4 nitrogen and oxygen atoms in total. The first-order valence-corrected chi connectivity index (χ1v) is 9.14. The molecule has 0 aliphatic carbocycles. The SMILES string of the molecule is Cl.O=C(O)[C@@H](Cc1cccc(-c2cccc(OCC(F)(F)F)c2)c1)[C@H]1CCNC1. The van der Waals surface area contributed by atoms with Crippen LogP contribution in [-0.4, -0.2) is 36.9 Å². The van der Waals surface area contributed by atoms with Gasteiger partial charge in [0, 0.05) is 0 Å². The van der Waals surface area contributed by atoms with E-state index < -0.39 is 24.7 Å². The molecule has 0 radical (unpaired) electrons. The lowest BCUT2D eigenvalue weighted by molar-refractivity contribution is -0.153. The van der Waals surface area contributed by atoms with Crippen molar-refractivity contribution in [2.75, 3.05) is 19.7 Å². The minimum atomic E-state index is -4.39. The third kappa shape index (κ3) is 6.65. The molecule has 0 unspecified atom stereocenters. The molecule has 0 bridgehead atoms. The average Bonchev–Trinajstić information content (AvgIpc) is 3.18. The molecular formula is C21H23ClF3NO3. The lowest BCUT2D eigenvalue weighted by Crippen LogP contribution is -2.27. The van der Waals surface area contributed by atoms with Gasteiger partial charge >= 0.3 is 12.1 Å². The van der Waals surface area contributed by atoms with E-state index in [0.717, 1.165) is 29.7 Å². The van der Waals surface area contributed by atoms with E-state index in [4.69, 9.17) is 4.74 Å². The number of nitrogens with one attached hydrogen (secondary N) is 1. The molecule has 2 N–H and O–H groups in total. The summed E-state index contributed by atoms with van der Waals surface area (Å²) in [4.78, 5) is 11.7. The Morgan fingerprint density at radius 1 is 1.17 bits per heavy atom. The minimum absolute atomic E-state index is 0. The second-order valence-electron chi connectivity index (χ2n) is 7.03. The Balaban J connectivity index is 0.00000300. The second kappa shape index (κ2) is 9.98. The number of rotatable bonds is 7. The molecule has 2 aromatic carbocycles. The van der Waals surface area contributed by atoms with Crippen LogP contribution < -0.4 is 10.1 Å². The quantitative estimate of drug-likeness (QED) is 0.677. The molecule has 0 aromatic heterocycles. The van der Waals surface area contributed by atoms with Crippen molar-refractivity contribution in [1.82, 2.24) is 5.32 Å². The summed E-state index contributed by atoms with van der Waals surface area (Å²) in [5.41, 5.74) is 2.41. The molecule has 0 saturated carbocycles. The Morgan fingerprint density at radius 2 is 1.86 bits per heavy atom. The van der Waals surface area contributed by atoms with Crippen LogP contribution in [0.3, 0.4) is 0 Å². The molecular weight excluding hydrogens is 407 g/mol. The summed E-state index contributed by atoms with van der Waals surface area (Å²) in [5.74, 6) is -1.03. The zero-order chi connectivity index (χ0) is 20.1. The predicted octanol–water partition coefficient (Wildman–Crippen LogP) is 4.57. The monoisotopic (exact) mass is 429 g/mol. The van der Waals surface area contributed by atoms with Crippen LogP contribution in [0.25, 0.3) is 11.1 Å². The average molecular weight is 430 g/mol. The first-order chi connectivity index (χ1) is 13.3. The van der Waals surface area contributed by atoms with Gasteiger partial charge in [-0.05, 0) is 60.7 Å².